The van der Waals surface area contributed by atoms with E-state index in [0.29, 0.717) is 5.92 Å². The number of nitrogens with zero attached hydrogens (tertiary/aromatic N) is 2. The van der Waals surface area contributed by atoms with E-state index in [4.69, 9.17) is 0 Å². The number of nitrogens with one attached hydrogen (secondary N) is 2. The van der Waals surface area contributed by atoms with Gasteiger partial charge in [0.25, 0.3) is 0 Å². The van der Waals surface area contributed by atoms with Crippen LogP contribution in [0, 0.1) is 0 Å². The molecule has 1 fully saturated rings. The summed E-state index contributed by atoms with van der Waals surface area (Å²) in [6, 6.07) is 10.3. The van der Waals surface area contributed by atoms with Crippen LogP contribution in [0.4, 0.5) is 17.3 Å². The maximum atomic E-state index is 4.68. The van der Waals surface area contributed by atoms with Crippen LogP contribution in [0.2, 0.25) is 0 Å². The highest BCUT2D eigenvalue weighted by Gasteiger charge is 2.27. The number of anilines is 3. The van der Waals surface area contributed by atoms with Crippen molar-refractivity contribution in [1.29, 1.82) is 0 Å². The third-order valence-corrected chi connectivity index (χ3v) is 4.21. The van der Waals surface area contributed by atoms with E-state index >= 15 is 0 Å². The molecule has 110 valence electrons. The molecule has 3 rings (SSSR count). The highest BCUT2D eigenvalue weighted by atomic mass is 32.2. The van der Waals surface area contributed by atoms with Gasteiger partial charge < -0.3 is 10.6 Å². The SMILES string of the molecule is CCNc1cc(Nc2ccccc2SC)nc(C2CC2)n1. The summed E-state index contributed by atoms with van der Waals surface area (Å²) in [5.74, 6) is 3.26. The van der Waals surface area contributed by atoms with Crippen LogP contribution in [0.3, 0.4) is 0 Å². The fraction of sp³-hybridized carbons (Fsp3) is 0.375. The zero-order valence-electron chi connectivity index (χ0n) is 12.4. The van der Waals surface area contributed by atoms with Crippen LogP contribution in [0.1, 0.15) is 31.5 Å². The molecular formula is C16H20N4S. The van der Waals surface area contributed by atoms with Gasteiger partial charge in [0.15, 0.2) is 0 Å². The van der Waals surface area contributed by atoms with E-state index in [0.717, 1.165) is 29.7 Å². The van der Waals surface area contributed by atoms with E-state index in [1.54, 1.807) is 11.8 Å². The second-order valence-electron chi connectivity index (χ2n) is 5.13. The van der Waals surface area contributed by atoms with Crippen molar-refractivity contribution >= 4 is 29.1 Å². The number of thioether (sulfide) groups is 1. The lowest BCUT2D eigenvalue weighted by Crippen LogP contribution is -2.05. The summed E-state index contributed by atoms with van der Waals surface area (Å²) >= 11 is 1.73. The van der Waals surface area contributed by atoms with Gasteiger partial charge in [-0.2, -0.15) is 0 Å². The lowest BCUT2D eigenvalue weighted by atomic mass is 10.3. The lowest BCUT2D eigenvalue weighted by Gasteiger charge is -2.12. The number of hydrogen-bond acceptors (Lipinski definition) is 5. The van der Waals surface area contributed by atoms with Crippen LogP contribution in [0.15, 0.2) is 35.2 Å². The average Bonchev–Trinajstić information content (AvgIpc) is 3.32. The maximum absolute atomic E-state index is 4.68. The quantitative estimate of drug-likeness (QED) is 0.781. The minimum Gasteiger partial charge on any atom is -0.370 e. The first-order valence-electron chi connectivity index (χ1n) is 7.33. The zero-order valence-corrected chi connectivity index (χ0v) is 13.2. The van der Waals surface area contributed by atoms with Crippen molar-refractivity contribution in [3.8, 4) is 0 Å². The maximum Gasteiger partial charge on any atom is 0.136 e. The molecule has 0 radical (unpaired) electrons. The third kappa shape index (κ3) is 3.47. The van der Waals surface area contributed by atoms with Crippen molar-refractivity contribution in [1.82, 2.24) is 9.97 Å². The van der Waals surface area contributed by atoms with E-state index in [2.05, 4.69) is 52.0 Å². The van der Waals surface area contributed by atoms with Crippen molar-refractivity contribution in [3.05, 3.63) is 36.2 Å². The molecule has 5 heteroatoms. The Hall–Kier alpha value is -1.75. The van der Waals surface area contributed by atoms with Crippen LogP contribution < -0.4 is 10.6 Å². The predicted molar refractivity (Wildman–Crippen MR) is 89.7 cm³/mol. The van der Waals surface area contributed by atoms with E-state index < -0.39 is 0 Å². The Bertz CT molecular complexity index is 625. The minimum atomic E-state index is 0.542. The van der Waals surface area contributed by atoms with E-state index in [-0.39, 0.29) is 0 Å². The molecule has 0 spiro atoms. The molecule has 0 saturated heterocycles. The molecule has 1 aliphatic carbocycles. The number of aromatic nitrogens is 2. The van der Waals surface area contributed by atoms with Gasteiger partial charge in [-0.15, -0.1) is 11.8 Å². The van der Waals surface area contributed by atoms with Crippen molar-refractivity contribution < 1.29 is 0 Å². The normalized spacial score (nSPS) is 14.0. The molecule has 0 unspecified atom stereocenters. The van der Waals surface area contributed by atoms with Crippen molar-refractivity contribution in [2.75, 3.05) is 23.4 Å². The van der Waals surface area contributed by atoms with Gasteiger partial charge in [0.2, 0.25) is 0 Å². The molecule has 0 amide bonds. The van der Waals surface area contributed by atoms with Crippen LogP contribution in [-0.2, 0) is 0 Å². The molecule has 0 atom stereocenters. The molecular weight excluding hydrogens is 280 g/mol. The summed E-state index contributed by atoms with van der Waals surface area (Å²) in [5.41, 5.74) is 1.09. The minimum absolute atomic E-state index is 0.542. The topological polar surface area (TPSA) is 49.8 Å². The van der Waals surface area contributed by atoms with Crippen LogP contribution in [0.25, 0.3) is 0 Å². The summed E-state index contributed by atoms with van der Waals surface area (Å²) in [6.45, 7) is 2.94. The Morgan fingerprint density at radius 3 is 2.67 bits per heavy atom. The monoisotopic (exact) mass is 300 g/mol. The fourth-order valence-electron chi connectivity index (χ4n) is 2.21. The molecule has 1 aromatic heterocycles. The summed E-state index contributed by atoms with van der Waals surface area (Å²) < 4.78 is 0. The molecule has 0 bridgehead atoms. The molecule has 2 aromatic rings. The van der Waals surface area contributed by atoms with Gasteiger partial charge in [-0.05, 0) is 38.2 Å². The zero-order chi connectivity index (χ0) is 14.7. The van der Waals surface area contributed by atoms with Crippen molar-refractivity contribution in [3.63, 3.8) is 0 Å². The highest BCUT2D eigenvalue weighted by Crippen LogP contribution is 2.39. The Morgan fingerprint density at radius 1 is 1.19 bits per heavy atom. The summed E-state index contributed by atoms with van der Waals surface area (Å²) in [7, 11) is 0. The number of benzene rings is 1. The van der Waals surface area contributed by atoms with E-state index in [1.807, 2.05) is 12.1 Å². The molecule has 1 saturated carbocycles. The summed E-state index contributed by atoms with van der Waals surface area (Å²) in [5, 5.41) is 6.72. The van der Waals surface area contributed by atoms with Gasteiger partial charge in [0.1, 0.15) is 17.5 Å². The predicted octanol–water partition coefficient (Wildman–Crippen LogP) is 4.25. The smallest absolute Gasteiger partial charge is 0.136 e. The Balaban J connectivity index is 1.89. The largest absolute Gasteiger partial charge is 0.370 e. The second-order valence-corrected chi connectivity index (χ2v) is 5.97. The van der Waals surface area contributed by atoms with Crippen LogP contribution >= 0.6 is 11.8 Å². The fourth-order valence-corrected chi connectivity index (χ4v) is 2.77. The molecule has 0 aliphatic heterocycles. The molecule has 1 heterocycles. The number of rotatable bonds is 6. The van der Waals surface area contributed by atoms with Gasteiger partial charge in [-0.1, -0.05) is 12.1 Å². The van der Waals surface area contributed by atoms with E-state index in [1.165, 1.54) is 17.7 Å². The highest BCUT2D eigenvalue weighted by molar-refractivity contribution is 7.98. The van der Waals surface area contributed by atoms with Gasteiger partial charge in [-0.3, -0.25) is 0 Å². The Labute approximate surface area is 129 Å². The molecule has 4 nitrogen and oxygen atoms in total. The van der Waals surface area contributed by atoms with Gasteiger partial charge in [-0.25, -0.2) is 9.97 Å². The first kappa shape index (κ1) is 14.2. The third-order valence-electron chi connectivity index (χ3n) is 3.41. The molecule has 2 N–H and O–H groups in total. The number of hydrogen-bond donors (Lipinski definition) is 2. The lowest BCUT2D eigenvalue weighted by molar-refractivity contribution is 0.927. The van der Waals surface area contributed by atoms with Crippen molar-refractivity contribution in [2.45, 2.75) is 30.6 Å². The van der Waals surface area contributed by atoms with Crippen LogP contribution in [-0.4, -0.2) is 22.8 Å². The van der Waals surface area contributed by atoms with Gasteiger partial charge in [0.05, 0.1) is 5.69 Å². The first-order chi connectivity index (χ1) is 10.3. The molecule has 1 aromatic carbocycles. The summed E-state index contributed by atoms with van der Waals surface area (Å²) in [6.07, 6.45) is 4.49. The first-order valence-corrected chi connectivity index (χ1v) is 8.55. The van der Waals surface area contributed by atoms with Crippen LogP contribution in [0.5, 0.6) is 0 Å². The standard InChI is InChI=1S/C16H20N4S/c1-3-17-14-10-15(20-16(19-14)11-8-9-11)18-12-6-4-5-7-13(12)21-2/h4-7,10-11H,3,8-9H2,1-2H3,(H2,17,18,19,20). The second kappa shape index (κ2) is 6.35. The molecule has 1 aliphatic rings. The molecule has 21 heavy (non-hydrogen) atoms. The van der Waals surface area contributed by atoms with Gasteiger partial charge in [0, 0.05) is 23.4 Å². The Morgan fingerprint density at radius 2 is 1.95 bits per heavy atom. The van der Waals surface area contributed by atoms with Gasteiger partial charge >= 0.3 is 0 Å². The van der Waals surface area contributed by atoms with Crippen molar-refractivity contribution in [2.24, 2.45) is 0 Å². The average molecular weight is 300 g/mol. The summed E-state index contributed by atoms with van der Waals surface area (Å²) in [4.78, 5) is 10.5. The number of para-hydroxylation sites is 1. The van der Waals surface area contributed by atoms with E-state index in [9.17, 15) is 0 Å². The Kier molecular flexibility index (Phi) is 4.29.